The monoisotopic (exact) mass is 277 g/mol. The van der Waals surface area contributed by atoms with Crippen LogP contribution >= 0.6 is 0 Å². The van der Waals surface area contributed by atoms with Gasteiger partial charge in [0.25, 0.3) is 0 Å². The number of nitrogens with one attached hydrogen (secondary N) is 1. The maximum absolute atomic E-state index is 10.8. The molecule has 0 radical (unpaired) electrons. The highest BCUT2D eigenvalue weighted by molar-refractivity contribution is 5.95. The number of nitrogens with two attached hydrogens (primary N) is 1. The SMILES string of the molecule is NC(=O)NCc1cccc(-c2cncc3ccccc23)c1. The zero-order valence-corrected chi connectivity index (χ0v) is 11.4. The first kappa shape index (κ1) is 13.1. The van der Waals surface area contributed by atoms with Crippen LogP contribution in [0.2, 0.25) is 0 Å². The Morgan fingerprint density at radius 1 is 1.10 bits per heavy atom. The summed E-state index contributed by atoms with van der Waals surface area (Å²) in [5, 5.41) is 4.87. The summed E-state index contributed by atoms with van der Waals surface area (Å²) in [5.41, 5.74) is 8.25. The highest BCUT2D eigenvalue weighted by Crippen LogP contribution is 2.27. The van der Waals surface area contributed by atoms with E-state index < -0.39 is 6.03 Å². The summed E-state index contributed by atoms with van der Waals surface area (Å²) in [4.78, 5) is 15.1. The predicted octanol–water partition coefficient (Wildman–Crippen LogP) is 3.07. The van der Waals surface area contributed by atoms with Crippen molar-refractivity contribution in [2.45, 2.75) is 6.54 Å². The van der Waals surface area contributed by atoms with E-state index >= 15 is 0 Å². The van der Waals surface area contributed by atoms with Gasteiger partial charge in [-0.1, -0.05) is 42.5 Å². The van der Waals surface area contributed by atoms with Gasteiger partial charge in [0.2, 0.25) is 0 Å². The van der Waals surface area contributed by atoms with Crippen LogP contribution in [0.25, 0.3) is 21.9 Å². The number of nitrogens with zero attached hydrogens (tertiary/aromatic N) is 1. The number of urea groups is 1. The van der Waals surface area contributed by atoms with Gasteiger partial charge in [-0.15, -0.1) is 0 Å². The van der Waals surface area contributed by atoms with Crippen molar-refractivity contribution < 1.29 is 4.79 Å². The Morgan fingerprint density at radius 3 is 2.81 bits per heavy atom. The van der Waals surface area contributed by atoms with Crippen molar-refractivity contribution in [2.24, 2.45) is 5.73 Å². The van der Waals surface area contributed by atoms with Crippen molar-refractivity contribution in [2.75, 3.05) is 0 Å². The maximum atomic E-state index is 10.8. The molecule has 2 amide bonds. The molecule has 3 rings (SSSR count). The van der Waals surface area contributed by atoms with E-state index in [1.165, 1.54) is 0 Å². The van der Waals surface area contributed by atoms with Crippen LogP contribution in [0.4, 0.5) is 4.79 Å². The standard InChI is InChI=1S/C17H15N3O/c18-17(21)20-9-12-4-3-6-13(8-12)16-11-19-10-14-5-1-2-7-15(14)16/h1-8,10-11H,9H2,(H3,18,20,21). The number of amides is 2. The summed E-state index contributed by atoms with van der Waals surface area (Å²) in [6.07, 6.45) is 3.72. The second kappa shape index (κ2) is 5.63. The average Bonchev–Trinajstić information content (AvgIpc) is 2.52. The highest BCUT2D eigenvalue weighted by Gasteiger charge is 2.05. The molecule has 0 aliphatic rings. The van der Waals surface area contributed by atoms with E-state index in [0.717, 1.165) is 27.5 Å². The fourth-order valence-corrected chi connectivity index (χ4v) is 2.38. The number of fused-ring (bicyclic) bond motifs is 1. The van der Waals surface area contributed by atoms with Crippen molar-refractivity contribution >= 4 is 16.8 Å². The molecule has 0 atom stereocenters. The number of benzene rings is 2. The van der Waals surface area contributed by atoms with E-state index in [4.69, 9.17) is 5.73 Å². The predicted molar refractivity (Wildman–Crippen MR) is 83.6 cm³/mol. The van der Waals surface area contributed by atoms with E-state index in [-0.39, 0.29) is 0 Å². The lowest BCUT2D eigenvalue weighted by Crippen LogP contribution is -2.28. The van der Waals surface area contributed by atoms with Crippen molar-refractivity contribution in [3.05, 3.63) is 66.5 Å². The third kappa shape index (κ3) is 2.84. The number of carbonyl (C=O) groups excluding carboxylic acids is 1. The molecule has 4 heteroatoms. The first-order valence-electron chi connectivity index (χ1n) is 6.69. The van der Waals surface area contributed by atoms with Gasteiger partial charge in [0.1, 0.15) is 0 Å². The van der Waals surface area contributed by atoms with E-state index in [1.54, 1.807) is 0 Å². The van der Waals surface area contributed by atoms with E-state index in [0.29, 0.717) is 6.54 Å². The average molecular weight is 277 g/mol. The molecule has 0 saturated carbocycles. The van der Waals surface area contributed by atoms with Crippen molar-refractivity contribution in [3.8, 4) is 11.1 Å². The quantitative estimate of drug-likeness (QED) is 0.772. The number of carbonyl (C=O) groups is 1. The largest absolute Gasteiger partial charge is 0.352 e. The van der Waals surface area contributed by atoms with Gasteiger partial charge in [-0.05, 0) is 22.6 Å². The highest BCUT2D eigenvalue weighted by atomic mass is 16.2. The molecule has 21 heavy (non-hydrogen) atoms. The van der Waals surface area contributed by atoms with Crippen LogP contribution in [0, 0.1) is 0 Å². The lowest BCUT2D eigenvalue weighted by Gasteiger charge is -2.08. The molecule has 3 aromatic rings. The second-order valence-electron chi connectivity index (χ2n) is 4.83. The first-order chi connectivity index (χ1) is 10.2. The van der Waals surface area contributed by atoms with Gasteiger partial charge in [-0.25, -0.2) is 4.79 Å². The summed E-state index contributed by atoms with van der Waals surface area (Å²) >= 11 is 0. The van der Waals surface area contributed by atoms with E-state index in [2.05, 4.69) is 16.4 Å². The smallest absolute Gasteiger partial charge is 0.312 e. The van der Waals surface area contributed by atoms with Gasteiger partial charge in [0.15, 0.2) is 0 Å². The topological polar surface area (TPSA) is 68.0 Å². The Bertz CT molecular complexity index is 793. The summed E-state index contributed by atoms with van der Waals surface area (Å²) in [6.45, 7) is 0.418. The number of hydrogen-bond donors (Lipinski definition) is 2. The van der Waals surface area contributed by atoms with Crippen LogP contribution in [0.1, 0.15) is 5.56 Å². The van der Waals surface area contributed by atoms with Crippen molar-refractivity contribution in [3.63, 3.8) is 0 Å². The molecule has 3 N–H and O–H groups in total. The summed E-state index contributed by atoms with van der Waals surface area (Å²) in [7, 11) is 0. The minimum absolute atomic E-state index is 0.418. The van der Waals surface area contributed by atoms with Crippen LogP contribution < -0.4 is 11.1 Å². The Labute approximate surface area is 122 Å². The van der Waals surface area contributed by atoms with Gasteiger partial charge in [0, 0.05) is 29.9 Å². The normalized spacial score (nSPS) is 10.5. The molecule has 0 aliphatic heterocycles. The van der Waals surface area contributed by atoms with Crippen molar-refractivity contribution in [1.82, 2.24) is 10.3 Å². The lowest BCUT2D eigenvalue weighted by molar-refractivity contribution is 0.248. The van der Waals surface area contributed by atoms with Crippen LogP contribution in [0.5, 0.6) is 0 Å². The molecule has 0 bridgehead atoms. The minimum Gasteiger partial charge on any atom is -0.352 e. The molecule has 1 aromatic heterocycles. The lowest BCUT2D eigenvalue weighted by atomic mass is 9.99. The third-order valence-electron chi connectivity index (χ3n) is 3.37. The van der Waals surface area contributed by atoms with Crippen molar-refractivity contribution in [1.29, 1.82) is 0 Å². The third-order valence-corrected chi connectivity index (χ3v) is 3.37. The summed E-state index contributed by atoms with van der Waals surface area (Å²) in [5.74, 6) is 0. The molecule has 0 unspecified atom stereocenters. The number of primary amides is 1. The van der Waals surface area contributed by atoms with Crippen LogP contribution in [0.3, 0.4) is 0 Å². The molecule has 104 valence electrons. The fraction of sp³-hybridized carbons (Fsp3) is 0.0588. The summed E-state index contributed by atoms with van der Waals surface area (Å²) in [6, 6.07) is 15.6. The molecular weight excluding hydrogens is 262 g/mol. The molecular formula is C17H15N3O. The molecule has 0 fully saturated rings. The van der Waals surface area contributed by atoms with E-state index in [9.17, 15) is 4.79 Å². The van der Waals surface area contributed by atoms with Crippen LogP contribution in [0.15, 0.2) is 60.9 Å². The molecule has 4 nitrogen and oxygen atoms in total. The fourth-order valence-electron chi connectivity index (χ4n) is 2.38. The molecule has 0 spiro atoms. The maximum Gasteiger partial charge on any atom is 0.312 e. The summed E-state index contributed by atoms with van der Waals surface area (Å²) < 4.78 is 0. The molecule has 0 saturated heterocycles. The van der Waals surface area contributed by atoms with Gasteiger partial charge in [-0.2, -0.15) is 0 Å². The van der Waals surface area contributed by atoms with Gasteiger partial charge < -0.3 is 11.1 Å². The Morgan fingerprint density at radius 2 is 1.95 bits per heavy atom. The van der Waals surface area contributed by atoms with Gasteiger partial charge >= 0.3 is 6.03 Å². The van der Waals surface area contributed by atoms with Gasteiger partial charge in [0.05, 0.1) is 0 Å². The molecule has 1 heterocycles. The Hall–Kier alpha value is -2.88. The number of rotatable bonds is 3. The minimum atomic E-state index is -0.521. The molecule has 0 aliphatic carbocycles. The molecule has 2 aromatic carbocycles. The van der Waals surface area contributed by atoms with Gasteiger partial charge in [-0.3, -0.25) is 4.98 Å². The van der Waals surface area contributed by atoms with Crippen LogP contribution in [-0.4, -0.2) is 11.0 Å². The first-order valence-corrected chi connectivity index (χ1v) is 6.69. The van der Waals surface area contributed by atoms with E-state index in [1.807, 2.05) is 54.9 Å². The number of hydrogen-bond acceptors (Lipinski definition) is 2. The Kier molecular flexibility index (Phi) is 3.51. The van der Waals surface area contributed by atoms with Crippen LogP contribution in [-0.2, 0) is 6.54 Å². The Balaban J connectivity index is 2.02. The number of pyridine rings is 1. The second-order valence-corrected chi connectivity index (χ2v) is 4.83. The number of aromatic nitrogens is 1. The zero-order chi connectivity index (χ0) is 14.7. The zero-order valence-electron chi connectivity index (χ0n) is 11.4.